The summed E-state index contributed by atoms with van der Waals surface area (Å²) in [7, 11) is 0. The average molecular weight is 379 g/mol. The van der Waals surface area contributed by atoms with Gasteiger partial charge in [-0.15, -0.1) is 0 Å². The van der Waals surface area contributed by atoms with Gasteiger partial charge in [0, 0.05) is 0 Å². The first kappa shape index (κ1) is 18.5. The van der Waals surface area contributed by atoms with Crippen LogP contribution in [0, 0.1) is 11.8 Å². The van der Waals surface area contributed by atoms with Crippen LogP contribution < -0.4 is 4.74 Å². The van der Waals surface area contributed by atoms with Crippen molar-refractivity contribution in [1.82, 2.24) is 0 Å². The largest absolute Gasteiger partial charge is 0.493 e. The monoisotopic (exact) mass is 379 g/mol. The fourth-order valence-corrected chi connectivity index (χ4v) is 4.19. The molecule has 1 aliphatic carbocycles. The van der Waals surface area contributed by atoms with Crippen LogP contribution >= 0.6 is 0 Å². The van der Waals surface area contributed by atoms with Gasteiger partial charge in [-0.05, 0) is 54.5 Å². The lowest BCUT2D eigenvalue weighted by molar-refractivity contribution is -0.141. The molecule has 1 heterocycles. The highest BCUT2D eigenvalue weighted by Crippen LogP contribution is 2.40. The predicted molar refractivity (Wildman–Crippen MR) is 107 cm³/mol. The van der Waals surface area contributed by atoms with E-state index in [1.165, 1.54) is 5.56 Å². The van der Waals surface area contributed by atoms with E-state index < -0.39 is 5.97 Å². The van der Waals surface area contributed by atoms with Gasteiger partial charge in [0.2, 0.25) is 0 Å². The van der Waals surface area contributed by atoms with Gasteiger partial charge in [-0.1, -0.05) is 48.5 Å². The zero-order valence-electron chi connectivity index (χ0n) is 16.2. The summed E-state index contributed by atoms with van der Waals surface area (Å²) < 4.78 is 6.10. The number of carboxylic acid groups (broad SMARTS) is 1. The van der Waals surface area contributed by atoms with Crippen molar-refractivity contribution in [3.8, 4) is 5.75 Å². The molecule has 4 atom stereocenters. The van der Waals surface area contributed by atoms with Crippen LogP contribution in [0.15, 0.2) is 53.7 Å². The number of hydrogen-bond donors (Lipinski definition) is 1. The van der Waals surface area contributed by atoms with Crippen molar-refractivity contribution in [1.29, 1.82) is 0 Å². The molecule has 0 aromatic heterocycles. The number of carbonyl (C=O) groups is 1. The van der Waals surface area contributed by atoms with E-state index in [-0.39, 0.29) is 23.9 Å². The van der Waals surface area contributed by atoms with Crippen molar-refractivity contribution in [3.63, 3.8) is 0 Å². The summed E-state index contributed by atoms with van der Waals surface area (Å²) in [6, 6.07) is 16.1. The SMILES string of the molecule is CC1ON=C(c2ccccc2)C1COc1ccc2c(c1)CCC2C(C)C(=O)O. The van der Waals surface area contributed by atoms with Gasteiger partial charge >= 0.3 is 5.97 Å². The predicted octanol–water partition coefficient (Wildman–Crippen LogP) is 4.26. The number of hydrogen-bond acceptors (Lipinski definition) is 4. The van der Waals surface area contributed by atoms with E-state index in [4.69, 9.17) is 9.57 Å². The lowest BCUT2D eigenvalue weighted by Crippen LogP contribution is -2.27. The summed E-state index contributed by atoms with van der Waals surface area (Å²) in [4.78, 5) is 16.9. The van der Waals surface area contributed by atoms with Crippen LogP contribution in [-0.4, -0.2) is 29.5 Å². The molecule has 0 saturated heterocycles. The maximum atomic E-state index is 11.3. The molecule has 5 nitrogen and oxygen atoms in total. The molecule has 0 amide bonds. The lowest BCUT2D eigenvalue weighted by atomic mass is 9.89. The summed E-state index contributed by atoms with van der Waals surface area (Å²) in [6.45, 7) is 4.29. The van der Waals surface area contributed by atoms with Crippen molar-refractivity contribution in [3.05, 3.63) is 65.2 Å². The summed E-state index contributed by atoms with van der Waals surface area (Å²) in [6.07, 6.45) is 1.74. The van der Waals surface area contributed by atoms with Crippen molar-refractivity contribution < 1.29 is 19.5 Å². The Morgan fingerprint density at radius 2 is 2.07 bits per heavy atom. The normalized spacial score (nSPS) is 24.2. The Morgan fingerprint density at radius 3 is 2.82 bits per heavy atom. The van der Waals surface area contributed by atoms with Crippen LogP contribution in [0.3, 0.4) is 0 Å². The van der Waals surface area contributed by atoms with Crippen molar-refractivity contribution >= 4 is 11.7 Å². The number of carboxylic acids is 1. The van der Waals surface area contributed by atoms with Gasteiger partial charge in [-0.2, -0.15) is 0 Å². The molecule has 1 aliphatic heterocycles. The highest BCUT2D eigenvalue weighted by Gasteiger charge is 2.33. The van der Waals surface area contributed by atoms with Gasteiger partial charge in [-0.25, -0.2) is 0 Å². The molecular formula is C23H25NO4. The lowest BCUT2D eigenvalue weighted by Gasteiger charge is -2.18. The quantitative estimate of drug-likeness (QED) is 0.814. The van der Waals surface area contributed by atoms with E-state index >= 15 is 0 Å². The molecule has 4 unspecified atom stereocenters. The Balaban J connectivity index is 1.46. The minimum absolute atomic E-state index is 0.0366. The Bertz CT molecular complexity index is 893. The first-order chi connectivity index (χ1) is 13.5. The molecular weight excluding hydrogens is 354 g/mol. The summed E-state index contributed by atoms with van der Waals surface area (Å²) in [5.41, 5.74) is 4.32. The maximum Gasteiger partial charge on any atom is 0.306 e. The van der Waals surface area contributed by atoms with Gasteiger partial charge in [-0.3, -0.25) is 4.79 Å². The third kappa shape index (κ3) is 3.49. The summed E-state index contributed by atoms with van der Waals surface area (Å²) in [5, 5.41) is 13.6. The van der Waals surface area contributed by atoms with E-state index in [2.05, 4.69) is 11.2 Å². The number of fused-ring (bicyclic) bond motifs is 1. The van der Waals surface area contributed by atoms with E-state index in [0.29, 0.717) is 6.61 Å². The van der Waals surface area contributed by atoms with E-state index in [9.17, 15) is 9.90 Å². The highest BCUT2D eigenvalue weighted by molar-refractivity contribution is 6.03. The molecule has 28 heavy (non-hydrogen) atoms. The molecule has 2 aliphatic rings. The standard InChI is InChI=1S/C23H25NO4/c1-14(23(25)26)19-10-8-17-12-18(9-11-20(17)19)27-13-21-15(2)28-24-22(21)16-6-4-3-5-7-16/h3-7,9,11-12,14-15,19,21H,8,10,13H2,1-2H3,(H,25,26). The number of aryl methyl sites for hydroxylation is 1. The molecule has 2 aromatic rings. The number of aliphatic carboxylic acids is 1. The van der Waals surface area contributed by atoms with E-state index in [1.807, 2.05) is 49.4 Å². The van der Waals surface area contributed by atoms with Crippen molar-refractivity contribution in [2.45, 2.75) is 38.7 Å². The van der Waals surface area contributed by atoms with Crippen molar-refractivity contribution in [2.24, 2.45) is 17.0 Å². The second kappa shape index (κ2) is 7.66. The smallest absolute Gasteiger partial charge is 0.306 e. The Kier molecular flexibility index (Phi) is 5.07. The maximum absolute atomic E-state index is 11.3. The van der Waals surface area contributed by atoms with Gasteiger partial charge in [0.05, 0.1) is 17.5 Å². The van der Waals surface area contributed by atoms with E-state index in [0.717, 1.165) is 35.4 Å². The minimum Gasteiger partial charge on any atom is -0.493 e. The number of oxime groups is 1. The summed E-state index contributed by atoms with van der Waals surface area (Å²) in [5.74, 6) is -0.138. The fraction of sp³-hybridized carbons (Fsp3) is 0.391. The molecule has 0 radical (unpaired) electrons. The van der Waals surface area contributed by atoms with Crippen LogP contribution in [-0.2, 0) is 16.1 Å². The molecule has 146 valence electrons. The molecule has 2 aromatic carbocycles. The van der Waals surface area contributed by atoms with Crippen LogP contribution in [0.1, 0.15) is 42.9 Å². The zero-order valence-corrected chi connectivity index (χ0v) is 16.2. The van der Waals surface area contributed by atoms with Gasteiger partial charge in [0.1, 0.15) is 18.5 Å². The number of rotatable bonds is 6. The Labute approximate surface area is 165 Å². The van der Waals surface area contributed by atoms with Crippen LogP contribution in [0.4, 0.5) is 0 Å². The third-order valence-electron chi connectivity index (χ3n) is 5.97. The number of ether oxygens (including phenoxy) is 1. The Morgan fingerprint density at radius 1 is 1.29 bits per heavy atom. The van der Waals surface area contributed by atoms with Gasteiger partial charge < -0.3 is 14.7 Å². The zero-order chi connectivity index (χ0) is 19.7. The minimum atomic E-state index is -0.735. The van der Waals surface area contributed by atoms with E-state index in [1.54, 1.807) is 6.92 Å². The molecule has 0 fully saturated rings. The second-order valence-corrected chi connectivity index (χ2v) is 7.70. The van der Waals surface area contributed by atoms with Gasteiger partial charge in [0.25, 0.3) is 0 Å². The highest BCUT2D eigenvalue weighted by atomic mass is 16.6. The average Bonchev–Trinajstić information content (AvgIpc) is 3.29. The van der Waals surface area contributed by atoms with Crippen LogP contribution in [0.25, 0.3) is 0 Å². The van der Waals surface area contributed by atoms with Crippen LogP contribution in [0.2, 0.25) is 0 Å². The molecule has 4 rings (SSSR count). The third-order valence-corrected chi connectivity index (χ3v) is 5.97. The number of nitrogens with zero attached hydrogens (tertiary/aromatic N) is 1. The molecule has 5 heteroatoms. The van der Waals surface area contributed by atoms with Crippen LogP contribution in [0.5, 0.6) is 5.75 Å². The molecule has 0 saturated carbocycles. The molecule has 0 bridgehead atoms. The molecule has 0 spiro atoms. The first-order valence-corrected chi connectivity index (χ1v) is 9.82. The fourth-order valence-electron chi connectivity index (χ4n) is 4.19. The van der Waals surface area contributed by atoms with Crippen molar-refractivity contribution in [2.75, 3.05) is 6.61 Å². The first-order valence-electron chi connectivity index (χ1n) is 9.82. The Hall–Kier alpha value is -2.82. The van der Waals surface area contributed by atoms with Gasteiger partial charge in [0.15, 0.2) is 0 Å². The topological polar surface area (TPSA) is 68.1 Å². The molecule has 1 N–H and O–H groups in total. The summed E-state index contributed by atoms with van der Waals surface area (Å²) >= 11 is 0. The number of benzene rings is 2. The second-order valence-electron chi connectivity index (χ2n) is 7.70.